The van der Waals surface area contributed by atoms with E-state index in [1.54, 1.807) is 6.92 Å². The normalized spacial score (nSPS) is 17.1. The van der Waals surface area contributed by atoms with Crippen LogP contribution in [0.5, 0.6) is 0 Å². The first-order chi connectivity index (χ1) is 9.79. The number of rotatable bonds is 3. The Morgan fingerprint density at radius 1 is 1.43 bits per heavy atom. The lowest BCUT2D eigenvalue weighted by atomic mass is 10.1. The molecule has 1 N–H and O–H groups in total. The molecular formula is C14H13F3N2O2. The predicted octanol–water partition coefficient (Wildman–Crippen LogP) is 3.72. The Morgan fingerprint density at radius 3 is 2.62 bits per heavy atom. The molecule has 1 aromatic carbocycles. The summed E-state index contributed by atoms with van der Waals surface area (Å²) in [6, 6.07) is 3.59. The van der Waals surface area contributed by atoms with Gasteiger partial charge in [-0.1, -0.05) is 0 Å². The molecule has 1 fully saturated rings. The molecule has 0 aliphatic heterocycles. The Labute approximate surface area is 118 Å². The summed E-state index contributed by atoms with van der Waals surface area (Å²) in [7, 11) is 0. The van der Waals surface area contributed by atoms with Gasteiger partial charge in [0, 0.05) is 6.04 Å². The molecule has 1 aromatic heterocycles. The number of alkyl halides is 3. The van der Waals surface area contributed by atoms with Crippen LogP contribution in [0.4, 0.5) is 13.2 Å². The van der Waals surface area contributed by atoms with Crippen LogP contribution < -0.4 is 0 Å². The lowest BCUT2D eigenvalue weighted by molar-refractivity contribution is -0.147. The van der Waals surface area contributed by atoms with Crippen molar-refractivity contribution >= 4 is 17.0 Å². The first-order valence-corrected chi connectivity index (χ1v) is 6.61. The molecule has 0 bridgehead atoms. The molecule has 7 heteroatoms. The van der Waals surface area contributed by atoms with E-state index < -0.39 is 18.0 Å². The van der Waals surface area contributed by atoms with Gasteiger partial charge in [-0.15, -0.1) is 0 Å². The van der Waals surface area contributed by atoms with Gasteiger partial charge in [-0.2, -0.15) is 13.2 Å². The third-order valence-electron chi connectivity index (χ3n) is 3.90. The van der Waals surface area contributed by atoms with Gasteiger partial charge in [-0.3, -0.25) is 0 Å². The highest BCUT2D eigenvalue weighted by atomic mass is 19.4. The lowest BCUT2D eigenvalue weighted by Gasteiger charge is -2.18. The van der Waals surface area contributed by atoms with E-state index in [9.17, 15) is 18.0 Å². The van der Waals surface area contributed by atoms with Gasteiger partial charge in [0.25, 0.3) is 0 Å². The largest absolute Gasteiger partial charge is 0.478 e. The third kappa shape index (κ3) is 2.36. The predicted molar refractivity (Wildman–Crippen MR) is 69.1 cm³/mol. The highest BCUT2D eigenvalue weighted by Gasteiger charge is 2.41. The Balaban J connectivity index is 2.23. The Bertz CT molecular complexity index is 717. The summed E-state index contributed by atoms with van der Waals surface area (Å²) in [6.45, 7) is 1.75. The summed E-state index contributed by atoms with van der Waals surface area (Å²) in [5, 5.41) is 8.93. The average molecular weight is 298 g/mol. The number of carboxylic acids is 1. The van der Waals surface area contributed by atoms with E-state index in [0.717, 1.165) is 12.8 Å². The molecular weight excluding hydrogens is 285 g/mol. The van der Waals surface area contributed by atoms with Crippen LogP contribution in [-0.2, 0) is 6.18 Å². The van der Waals surface area contributed by atoms with E-state index >= 15 is 0 Å². The number of aromatic nitrogens is 2. The van der Waals surface area contributed by atoms with Gasteiger partial charge in [0.05, 0.1) is 16.6 Å². The maximum Gasteiger partial charge on any atom is 0.449 e. The minimum atomic E-state index is -4.56. The van der Waals surface area contributed by atoms with E-state index in [4.69, 9.17) is 5.11 Å². The van der Waals surface area contributed by atoms with Crippen molar-refractivity contribution in [3.8, 4) is 0 Å². The molecule has 1 saturated carbocycles. The molecule has 112 valence electrons. The molecule has 4 nitrogen and oxygen atoms in total. The Hall–Kier alpha value is -2.05. The number of halogens is 3. The standard InChI is InChI=1S/C14H13F3N2O2/c1-7(8-2-3-8)19-11-5-4-9(12(20)21)6-10(11)18-13(19)14(15,16)17/h4-8H,2-3H2,1H3,(H,20,21). The smallest absolute Gasteiger partial charge is 0.449 e. The molecule has 1 aliphatic carbocycles. The molecule has 0 spiro atoms. The average Bonchev–Trinajstić information content (AvgIpc) is 3.16. The van der Waals surface area contributed by atoms with Crippen molar-refractivity contribution in [3.63, 3.8) is 0 Å². The zero-order valence-corrected chi connectivity index (χ0v) is 11.2. The van der Waals surface area contributed by atoms with Crippen LogP contribution in [0.2, 0.25) is 0 Å². The molecule has 0 saturated heterocycles. The minimum Gasteiger partial charge on any atom is -0.478 e. The van der Waals surface area contributed by atoms with E-state index in [-0.39, 0.29) is 23.0 Å². The van der Waals surface area contributed by atoms with Crippen LogP contribution in [0.1, 0.15) is 42.0 Å². The van der Waals surface area contributed by atoms with Gasteiger partial charge in [-0.25, -0.2) is 9.78 Å². The van der Waals surface area contributed by atoms with E-state index in [0.29, 0.717) is 5.52 Å². The number of carbonyl (C=O) groups is 1. The first kappa shape index (κ1) is 13.9. The maximum atomic E-state index is 13.2. The number of aromatic carboxylic acids is 1. The molecule has 2 aromatic rings. The number of benzene rings is 1. The van der Waals surface area contributed by atoms with Crippen LogP contribution in [-0.4, -0.2) is 20.6 Å². The molecule has 21 heavy (non-hydrogen) atoms. The summed E-state index contributed by atoms with van der Waals surface area (Å²) in [5.74, 6) is -1.92. The van der Waals surface area contributed by atoms with Crippen LogP contribution in [0.3, 0.4) is 0 Å². The van der Waals surface area contributed by atoms with Gasteiger partial charge >= 0.3 is 12.1 Å². The van der Waals surface area contributed by atoms with E-state index in [1.807, 2.05) is 0 Å². The lowest BCUT2D eigenvalue weighted by Crippen LogP contribution is -2.18. The molecule has 0 amide bonds. The highest BCUT2D eigenvalue weighted by Crippen LogP contribution is 2.43. The zero-order valence-electron chi connectivity index (χ0n) is 11.2. The number of imidazole rings is 1. The van der Waals surface area contributed by atoms with Gasteiger partial charge in [-0.05, 0) is 43.9 Å². The molecule has 1 atom stereocenters. The molecule has 0 radical (unpaired) electrons. The summed E-state index contributed by atoms with van der Waals surface area (Å²) in [4.78, 5) is 14.6. The number of carboxylic acid groups (broad SMARTS) is 1. The van der Waals surface area contributed by atoms with Gasteiger partial charge in [0.1, 0.15) is 0 Å². The fourth-order valence-electron chi connectivity index (χ4n) is 2.63. The summed E-state index contributed by atoms with van der Waals surface area (Å²) in [6.07, 6.45) is -2.75. The van der Waals surface area contributed by atoms with Crippen LogP contribution in [0.15, 0.2) is 18.2 Å². The second-order valence-electron chi connectivity index (χ2n) is 5.39. The first-order valence-electron chi connectivity index (χ1n) is 6.61. The molecule has 1 aliphatic rings. The number of hydrogen-bond donors (Lipinski definition) is 1. The Morgan fingerprint density at radius 2 is 2.10 bits per heavy atom. The quantitative estimate of drug-likeness (QED) is 0.939. The maximum absolute atomic E-state index is 13.2. The van der Waals surface area contributed by atoms with E-state index in [1.165, 1.54) is 22.8 Å². The van der Waals surface area contributed by atoms with Crippen molar-refractivity contribution in [1.29, 1.82) is 0 Å². The van der Waals surface area contributed by atoms with E-state index in [2.05, 4.69) is 4.98 Å². The van der Waals surface area contributed by atoms with Crippen molar-refractivity contribution in [2.24, 2.45) is 5.92 Å². The van der Waals surface area contributed by atoms with Gasteiger partial charge in [0.2, 0.25) is 5.82 Å². The molecule has 1 unspecified atom stereocenters. The number of nitrogens with zero attached hydrogens (tertiary/aromatic N) is 2. The summed E-state index contributed by atoms with van der Waals surface area (Å²) < 4.78 is 40.8. The van der Waals surface area contributed by atoms with Gasteiger partial charge in [0.15, 0.2) is 0 Å². The number of hydrogen-bond acceptors (Lipinski definition) is 2. The Kier molecular flexibility index (Phi) is 2.96. The highest BCUT2D eigenvalue weighted by molar-refractivity contribution is 5.92. The SMILES string of the molecule is CC(C1CC1)n1c(C(F)(F)F)nc2cc(C(=O)O)ccc21. The third-order valence-corrected chi connectivity index (χ3v) is 3.90. The van der Waals surface area contributed by atoms with Crippen LogP contribution in [0, 0.1) is 5.92 Å². The topological polar surface area (TPSA) is 55.1 Å². The summed E-state index contributed by atoms with van der Waals surface area (Å²) >= 11 is 0. The minimum absolute atomic E-state index is 0.0646. The van der Waals surface area contributed by atoms with Crippen molar-refractivity contribution < 1.29 is 23.1 Å². The number of fused-ring (bicyclic) bond motifs is 1. The molecule has 1 heterocycles. The fourth-order valence-corrected chi connectivity index (χ4v) is 2.63. The second kappa shape index (κ2) is 4.47. The fraction of sp³-hybridized carbons (Fsp3) is 0.429. The zero-order chi connectivity index (χ0) is 15.4. The monoisotopic (exact) mass is 298 g/mol. The van der Waals surface area contributed by atoms with Crippen LogP contribution in [0.25, 0.3) is 11.0 Å². The van der Waals surface area contributed by atoms with Gasteiger partial charge < -0.3 is 9.67 Å². The van der Waals surface area contributed by atoms with Crippen LogP contribution >= 0.6 is 0 Å². The molecule has 3 rings (SSSR count). The second-order valence-corrected chi connectivity index (χ2v) is 5.39. The van der Waals surface area contributed by atoms with Crippen molar-refractivity contribution in [2.45, 2.75) is 32.0 Å². The summed E-state index contributed by atoms with van der Waals surface area (Å²) in [5.41, 5.74) is 0.321. The van der Waals surface area contributed by atoms with Crippen molar-refractivity contribution in [2.75, 3.05) is 0 Å². The van der Waals surface area contributed by atoms with Crippen molar-refractivity contribution in [3.05, 3.63) is 29.6 Å². The van der Waals surface area contributed by atoms with Crippen molar-refractivity contribution in [1.82, 2.24) is 9.55 Å².